The van der Waals surface area contributed by atoms with E-state index in [9.17, 15) is 4.79 Å². The minimum absolute atomic E-state index is 0.201. The topological polar surface area (TPSA) is 97.7 Å². The maximum Gasteiger partial charge on any atom is 0.272 e. The van der Waals surface area contributed by atoms with Gasteiger partial charge < -0.3 is 14.6 Å². The molecule has 0 atom stereocenters. The van der Waals surface area contributed by atoms with Gasteiger partial charge in [0.2, 0.25) is 5.82 Å². The number of rotatable bonds is 4. The first-order chi connectivity index (χ1) is 12.7. The highest BCUT2D eigenvalue weighted by Gasteiger charge is 2.14. The molecule has 0 unspecified atom stereocenters. The van der Waals surface area contributed by atoms with E-state index in [2.05, 4.69) is 25.9 Å². The van der Waals surface area contributed by atoms with Crippen molar-refractivity contribution in [1.82, 2.24) is 25.2 Å². The first-order valence-electron chi connectivity index (χ1n) is 7.94. The van der Waals surface area contributed by atoms with Crippen LogP contribution in [0.3, 0.4) is 0 Å². The highest BCUT2D eigenvalue weighted by atomic mass is 16.5. The van der Waals surface area contributed by atoms with Gasteiger partial charge in [0.1, 0.15) is 11.4 Å². The molecule has 0 aliphatic heterocycles. The molecule has 4 rings (SSSR count). The van der Waals surface area contributed by atoms with Crippen LogP contribution < -0.4 is 10.1 Å². The average Bonchev–Trinajstić information content (AvgIpc) is 3.30. The molecule has 0 aliphatic carbocycles. The van der Waals surface area contributed by atoms with Crippen molar-refractivity contribution >= 4 is 22.5 Å². The first kappa shape index (κ1) is 15.8. The summed E-state index contributed by atoms with van der Waals surface area (Å²) in [5, 5.41) is 17.7. The van der Waals surface area contributed by atoms with Crippen LogP contribution in [0.5, 0.6) is 5.75 Å². The molecule has 4 aromatic rings. The van der Waals surface area contributed by atoms with Crippen molar-refractivity contribution in [2.75, 3.05) is 12.4 Å². The number of fused-ring (bicyclic) bond motifs is 1. The van der Waals surface area contributed by atoms with E-state index in [4.69, 9.17) is 4.74 Å². The zero-order valence-corrected chi connectivity index (χ0v) is 14.2. The Labute approximate surface area is 148 Å². The number of nitrogens with zero attached hydrogens (tertiary/aromatic N) is 4. The Kier molecular flexibility index (Phi) is 3.85. The van der Waals surface area contributed by atoms with Gasteiger partial charge in [0, 0.05) is 29.8 Å². The predicted octanol–water partition coefficient (Wildman–Crippen LogP) is 2.62. The van der Waals surface area contributed by atoms with Crippen LogP contribution in [0.4, 0.5) is 5.69 Å². The van der Waals surface area contributed by atoms with Crippen LogP contribution in [0.2, 0.25) is 0 Å². The summed E-state index contributed by atoms with van der Waals surface area (Å²) in [6.45, 7) is 0. The largest absolute Gasteiger partial charge is 0.497 e. The number of aromatic nitrogens is 5. The van der Waals surface area contributed by atoms with Gasteiger partial charge >= 0.3 is 0 Å². The number of ether oxygens (including phenoxy) is 1. The third-order valence-corrected chi connectivity index (χ3v) is 4.21. The fraction of sp³-hybridized carbons (Fsp3) is 0.111. The maximum absolute atomic E-state index is 12.7. The van der Waals surface area contributed by atoms with Crippen molar-refractivity contribution in [1.29, 1.82) is 0 Å². The van der Waals surface area contributed by atoms with Crippen LogP contribution in [0.1, 0.15) is 10.5 Å². The van der Waals surface area contributed by atoms with Crippen LogP contribution in [-0.4, -0.2) is 38.2 Å². The molecule has 1 amide bonds. The number of H-pyrrole nitrogens is 1. The number of carbonyl (C=O) groups excluding carboxylic acids is 1. The molecule has 0 aliphatic rings. The second-order valence-electron chi connectivity index (χ2n) is 5.78. The molecule has 2 heterocycles. The number of hydrogen-bond donors (Lipinski definition) is 2. The van der Waals surface area contributed by atoms with Crippen LogP contribution in [0.25, 0.3) is 22.3 Å². The van der Waals surface area contributed by atoms with Gasteiger partial charge in [-0.2, -0.15) is 5.21 Å². The number of benzene rings is 2. The van der Waals surface area contributed by atoms with Gasteiger partial charge in [-0.15, -0.1) is 10.2 Å². The lowest BCUT2D eigenvalue weighted by molar-refractivity contribution is 0.102. The zero-order chi connectivity index (χ0) is 18.1. The Morgan fingerprint density at radius 1 is 1.19 bits per heavy atom. The molecule has 0 saturated carbocycles. The number of nitrogens with one attached hydrogen (secondary N) is 2. The van der Waals surface area contributed by atoms with E-state index < -0.39 is 0 Å². The summed E-state index contributed by atoms with van der Waals surface area (Å²) in [5.41, 5.74) is 2.90. The molecule has 130 valence electrons. The molecular weight excluding hydrogens is 332 g/mol. The fourth-order valence-corrected chi connectivity index (χ4v) is 2.87. The quantitative estimate of drug-likeness (QED) is 0.591. The van der Waals surface area contributed by atoms with Gasteiger partial charge in [-0.25, -0.2) is 0 Å². The lowest BCUT2D eigenvalue weighted by atomic mass is 10.2. The van der Waals surface area contributed by atoms with E-state index in [0.29, 0.717) is 17.2 Å². The van der Waals surface area contributed by atoms with Crippen molar-refractivity contribution in [3.8, 4) is 17.1 Å². The van der Waals surface area contributed by atoms with E-state index in [-0.39, 0.29) is 5.91 Å². The van der Waals surface area contributed by atoms with Crippen LogP contribution in [-0.2, 0) is 7.05 Å². The van der Waals surface area contributed by atoms with E-state index in [1.54, 1.807) is 13.2 Å². The number of methoxy groups -OCH3 is 1. The Balaban J connectivity index is 1.64. The minimum Gasteiger partial charge on any atom is -0.497 e. The number of aromatic amines is 1. The van der Waals surface area contributed by atoms with Crippen LogP contribution in [0, 0.1) is 0 Å². The molecular formula is C18H16N6O2. The maximum atomic E-state index is 12.7. The Bertz CT molecular complexity index is 1080. The molecule has 0 fully saturated rings. The van der Waals surface area contributed by atoms with Crippen molar-refractivity contribution in [2.24, 2.45) is 7.05 Å². The smallest absolute Gasteiger partial charge is 0.272 e. The molecule has 2 aromatic carbocycles. The summed E-state index contributed by atoms with van der Waals surface area (Å²) in [5.74, 6) is 1.02. The summed E-state index contributed by atoms with van der Waals surface area (Å²) in [7, 11) is 3.47. The molecule has 0 saturated heterocycles. The van der Waals surface area contributed by atoms with E-state index in [0.717, 1.165) is 22.2 Å². The van der Waals surface area contributed by atoms with Gasteiger partial charge in [0.15, 0.2) is 0 Å². The highest BCUT2D eigenvalue weighted by Crippen LogP contribution is 2.25. The van der Waals surface area contributed by atoms with E-state index in [1.807, 2.05) is 54.1 Å². The highest BCUT2D eigenvalue weighted by molar-refractivity contribution is 6.06. The standard InChI is InChI=1S/C18H16N6O2/c1-24-15-10-14(26-2)7-6-11(15)9-16(24)18(25)19-13-5-3-4-12(8-13)17-20-22-23-21-17/h3-10H,1-2H3,(H,19,25)(H,20,21,22,23). The van der Waals surface area contributed by atoms with Crippen molar-refractivity contribution in [3.05, 3.63) is 54.2 Å². The summed E-state index contributed by atoms with van der Waals surface area (Å²) in [6.07, 6.45) is 0. The van der Waals surface area contributed by atoms with Crippen LogP contribution >= 0.6 is 0 Å². The van der Waals surface area contributed by atoms with Crippen LogP contribution in [0.15, 0.2) is 48.5 Å². The number of carbonyl (C=O) groups is 1. The first-order valence-corrected chi connectivity index (χ1v) is 7.94. The summed E-state index contributed by atoms with van der Waals surface area (Å²) in [4.78, 5) is 12.7. The molecule has 8 heteroatoms. The number of tetrazole rings is 1. The Morgan fingerprint density at radius 2 is 2.08 bits per heavy atom. The number of anilines is 1. The zero-order valence-electron chi connectivity index (χ0n) is 14.2. The Morgan fingerprint density at radius 3 is 2.85 bits per heavy atom. The lowest BCUT2D eigenvalue weighted by Gasteiger charge is -2.08. The molecule has 8 nitrogen and oxygen atoms in total. The second-order valence-corrected chi connectivity index (χ2v) is 5.78. The van der Waals surface area contributed by atoms with Gasteiger partial charge in [0.25, 0.3) is 5.91 Å². The molecule has 0 bridgehead atoms. The predicted molar refractivity (Wildman–Crippen MR) is 97.0 cm³/mol. The molecule has 2 aromatic heterocycles. The Hall–Kier alpha value is -3.68. The third-order valence-electron chi connectivity index (χ3n) is 4.21. The molecule has 2 N–H and O–H groups in total. The van der Waals surface area contributed by atoms with Crippen molar-refractivity contribution < 1.29 is 9.53 Å². The number of hydrogen-bond acceptors (Lipinski definition) is 5. The fourth-order valence-electron chi connectivity index (χ4n) is 2.87. The van der Waals surface area contributed by atoms with Gasteiger partial charge in [0.05, 0.1) is 12.6 Å². The molecule has 26 heavy (non-hydrogen) atoms. The number of aryl methyl sites for hydroxylation is 1. The summed E-state index contributed by atoms with van der Waals surface area (Å²) in [6, 6.07) is 14.9. The summed E-state index contributed by atoms with van der Waals surface area (Å²) < 4.78 is 7.10. The van der Waals surface area contributed by atoms with Gasteiger partial charge in [-0.3, -0.25) is 4.79 Å². The van der Waals surface area contributed by atoms with Gasteiger partial charge in [-0.05, 0) is 35.5 Å². The van der Waals surface area contributed by atoms with Gasteiger partial charge in [-0.1, -0.05) is 12.1 Å². The van der Waals surface area contributed by atoms with Crippen molar-refractivity contribution in [3.63, 3.8) is 0 Å². The second kappa shape index (κ2) is 6.32. The normalized spacial score (nSPS) is 10.8. The third kappa shape index (κ3) is 2.77. The summed E-state index contributed by atoms with van der Waals surface area (Å²) >= 11 is 0. The van der Waals surface area contributed by atoms with E-state index >= 15 is 0 Å². The average molecular weight is 348 g/mol. The van der Waals surface area contributed by atoms with Crippen molar-refractivity contribution in [2.45, 2.75) is 0 Å². The molecule has 0 spiro atoms. The molecule has 0 radical (unpaired) electrons. The monoisotopic (exact) mass is 348 g/mol. The number of amides is 1. The SMILES string of the molecule is COc1ccc2cc(C(=O)Nc3cccc(-c4nn[nH]n4)c3)n(C)c2c1. The lowest BCUT2D eigenvalue weighted by Crippen LogP contribution is -2.15. The minimum atomic E-state index is -0.201. The van der Waals surface area contributed by atoms with E-state index in [1.165, 1.54) is 0 Å².